The standard InChI is InChI=1S/C14H15FN2/c1-10-7-12(5-6-17-10)11-3-4-14(15)13(8-11)9-16-2/h3-8,16H,9H2,1-2H3. The van der Waals surface area contributed by atoms with Crippen molar-refractivity contribution in [1.82, 2.24) is 10.3 Å². The minimum absolute atomic E-state index is 0.172. The maximum absolute atomic E-state index is 13.5. The van der Waals surface area contributed by atoms with Crippen molar-refractivity contribution in [3.8, 4) is 11.1 Å². The Morgan fingerprint density at radius 2 is 1.94 bits per heavy atom. The zero-order chi connectivity index (χ0) is 12.3. The SMILES string of the molecule is CNCc1cc(-c2ccnc(C)c2)ccc1F. The average Bonchev–Trinajstić information content (AvgIpc) is 2.32. The molecule has 2 nitrogen and oxygen atoms in total. The average molecular weight is 230 g/mol. The van der Waals surface area contributed by atoms with Gasteiger partial charge in [0.1, 0.15) is 5.82 Å². The molecule has 17 heavy (non-hydrogen) atoms. The number of rotatable bonds is 3. The smallest absolute Gasteiger partial charge is 0.127 e. The molecule has 1 aromatic carbocycles. The summed E-state index contributed by atoms with van der Waals surface area (Å²) in [5.74, 6) is -0.172. The van der Waals surface area contributed by atoms with Crippen molar-refractivity contribution in [1.29, 1.82) is 0 Å². The van der Waals surface area contributed by atoms with Gasteiger partial charge in [-0.15, -0.1) is 0 Å². The molecule has 0 aliphatic rings. The van der Waals surface area contributed by atoms with Crippen molar-refractivity contribution < 1.29 is 4.39 Å². The molecule has 0 atom stereocenters. The molecule has 1 heterocycles. The lowest BCUT2D eigenvalue weighted by molar-refractivity contribution is 0.601. The highest BCUT2D eigenvalue weighted by atomic mass is 19.1. The van der Waals surface area contributed by atoms with Gasteiger partial charge in [0, 0.05) is 24.0 Å². The summed E-state index contributed by atoms with van der Waals surface area (Å²) in [7, 11) is 1.81. The Morgan fingerprint density at radius 3 is 2.65 bits per heavy atom. The van der Waals surface area contributed by atoms with Gasteiger partial charge in [0.15, 0.2) is 0 Å². The Balaban J connectivity index is 2.42. The van der Waals surface area contributed by atoms with E-state index in [1.54, 1.807) is 12.3 Å². The van der Waals surface area contributed by atoms with E-state index in [1.807, 2.05) is 32.2 Å². The second-order valence-electron chi connectivity index (χ2n) is 4.02. The highest BCUT2D eigenvalue weighted by Gasteiger charge is 2.04. The summed E-state index contributed by atoms with van der Waals surface area (Å²) in [5, 5.41) is 2.96. The lowest BCUT2D eigenvalue weighted by atomic mass is 10.0. The fourth-order valence-electron chi connectivity index (χ4n) is 1.81. The zero-order valence-corrected chi connectivity index (χ0v) is 10.00. The van der Waals surface area contributed by atoms with E-state index < -0.39 is 0 Å². The van der Waals surface area contributed by atoms with E-state index in [-0.39, 0.29) is 5.82 Å². The fraction of sp³-hybridized carbons (Fsp3) is 0.214. The molecule has 2 aromatic rings. The maximum atomic E-state index is 13.5. The molecule has 0 aliphatic heterocycles. The summed E-state index contributed by atoms with van der Waals surface area (Å²) in [6.07, 6.45) is 1.77. The number of hydrogen-bond donors (Lipinski definition) is 1. The predicted molar refractivity (Wildman–Crippen MR) is 67.1 cm³/mol. The molecule has 1 N–H and O–H groups in total. The number of aryl methyl sites for hydroxylation is 1. The lowest BCUT2D eigenvalue weighted by Gasteiger charge is -2.07. The molecule has 0 radical (unpaired) electrons. The van der Waals surface area contributed by atoms with Gasteiger partial charge < -0.3 is 5.32 Å². The molecule has 0 saturated carbocycles. The number of nitrogens with one attached hydrogen (secondary N) is 1. The van der Waals surface area contributed by atoms with Gasteiger partial charge in [0.05, 0.1) is 0 Å². The van der Waals surface area contributed by atoms with E-state index in [9.17, 15) is 4.39 Å². The Bertz CT molecular complexity index is 523. The second kappa shape index (κ2) is 5.06. The van der Waals surface area contributed by atoms with E-state index in [0.29, 0.717) is 12.1 Å². The first kappa shape index (κ1) is 11.7. The summed E-state index contributed by atoms with van der Waals surface area (Å²) in [5.41, 5.74) is 3.72. The lowest BCUT2D eigenvalue weighted by Crippen LogP contribution is -2.07. The van der Waals surface area contributed by atoms with Crippen molar-refractivity contribution in [2.24, 2.45) is 0 Å². The van der Waals surface area contributed by atoms with Crippen LogP contribution in [0.15, 0.2) is 36.5 Å². The van der Waals surface area contributed by atoms with E-state index in [0.717, 1.165) is 16.8 Å². The predicted octanol–water partition coefficient (Wildman–Crippen LogP) is 2.92. The van der Waals surface area contributed by atoms with Crippen LogP contribution >= 0.6 is 0 Å². The highest BCUT2D eigenvalue weighted by molar-refractivity contribution is 5.64. The van der Waals surface area contributed by atoms with Crippen LogP contribution in [0.2, 0.25) is 0 Å². The Labute approximate surface area is 101 Å². The number of benzene rings is 1. The molecule has 0 amide bonds. The third-order valence-corrected chi connectivity index (χ3v) is 2.64. The Morgan fingerprint density at radius 1 is 1.18 bits per heavy atom. The zero-order valence-electron chi connectivity index (χ0n) is 10.00. The quantitative estimate of drug-likeness (QED) is 0.877. The molecular weight excluding hydrogens is 215 g/mol. The third kappa shape index (κ3) is 2.68. The van der Waals surface area contributed by atoms with E-state index in [4.69, 9.17) is 0 Å². The topological polar surface area (TPSA) is 24.9 Å². The number of hydrogen-bond acceptors (Lipinski definition) is 2. The van der Waals surface area contributed by atoms with Gasteiger partial charge >= 0.3 is 0 Å². The highest BCUT2D eigenvalue weighted by Crippen LogP contribution is 2.22. The molecule has 2 rings (SSSR count). The summed E-state index contributed by atoms with van der Waals surface area (Å²) < 4.78 is 13.5. The number of pyridine rings is 1. The van der Waals surface area contributed by atoms with Crippen LogP contribution in [0.4, 0.5) is 4.39 Å². The summed E-state index contributed by atoms with van der Waals surface area (Å²) in [4.78, 5) is 4.16. The molecule has 0 fully saturated rings. The van der Waals surface area contributed by atoms with E-state index in [1.165, 1.54) is 6.07 Å². The minimum Gasteiger partial charge on any atom is -0.316 e. The van der Waals surface area contributed by atoms with Crippen molar-refractivity contribution in [2.75, 3.05) is 7.05 Å². The van der Waals surface area contributed by atoms with Crippen LogP contribution in [0.5, 0.6) is 0 Å². The summed E-state index contributed by atoms with van der Waals surface area (Å²) in [6, 6.07) is 9.11. The van der Waals surface area contributed by atoms with E-state index >= 15 is 0 Å². The van der Waals surface area contributed by atoms with Gasteiger partial charge in [0.2, 0.25) is 0 Å². The molecule has 88 valence electrons. The summed E-state index contributed by atoms with van der Waals surface area (Å²) >= 11 is 0. The largest absolute Gasteiger partial charge is 0.316 e. The molecule has 0 unspecified atom stereocenters. The maximum Gasteiger partial charge on any atom is 0.127 e. The number of aromatic nitrogens is 1. The van der Waals surface area contributed by atoms with Crippen LogP contribution in [0.3, 0.4) is 0 Å². The molecular formula is C14H15FN2. The first-order valence-electron chi connectivity index (χ1n) is 5.57. The fourth-order valence-corrected chi connectivity index (χ4v) is 1.81. The molecule has 1 aromatic heterocycles. The van der Waals surface area contributed by atoms with Crippen LogP contribution in [-0.4, -0.2) is 12.0 Å². The van der Waals surface area contributed by atoms with Crippen LogP contribution in [0.1, 0.15) is 11.3 Å². The number of nitrogens with zero attached hydrogens (tertiary/aromatic N) is 1. The molecule has 0 saturated heterocycles. The molecule has 0 spiro atoms. The van der Waals surface area contributed by atoms with Crippen molar-refractivity contribution in [2.45, 2.75) is 13.5 Å². The Hall–Kier alpha value is -1.74. The van der Waals surface area contributed by atoms with Crippen LogP contribution in [0, 0.1) is 12.7 Å². The van der Waals surface area contributed by atoms with Gasteiger partial charge in [-0.2, -0.15) is 0 Å². The Kier molecular flexibility index (Phi) is 3.49. The van der Waals surface area contributed by atoms with Gasteiger partial charge in [-0.05, 0) is 49.4 Å². The van der Waals surface area contributed by atoms with Gasteiger partial charge in [-0.25, -0.2) is 4.39 Å². The van der Waals surface area contributed by atoms with E-state index in [2.05, 4.69) is 10.3 Å². The normalized spacial score (nSPS) is 10.5. The van der Waals surface area contributed by atoms with Gasteiger partial charge in [-0.1, -0.05) is 6.07 Å². The second-order valence-corrected chi connectivity index (χ2v) is 4.02. The van der Waals surface area contributed by atoms with Crippen LogP contribution in [0.25, 0.3) is 11.1 Å². The number of halogens is 1. The first-order chi connectivity index (χ1) is 8.20. The van der Waals surface area contributed by atoms with Crippen molar-refractivity contribution >= 4 is 0 Å². The molecule has 3 heteroatoms. The third-order valence-electron chi connectivity index (χ3n) is 2.64. The van der Waals surface area contributed by atoms with Crippen LogP contribution < -0.4 is 5.32 Å². The van der Waals surface area contributed by atoms with Crippen LogP contribution in [-0.2, 0) is 6.54 Å². The molecule has 0 aliphatic carbocycles. The first-order valence-corrected chi connectivity index (χ1v) is 5.57. The monoisotopic (exact) mass is 230 g/mol. The van der Waals surface area contributed by atoms with Gasteiger partial charge in [0.25, 0.3) is 0 Å². The van der Waals surface area contributed by atoms with Crippen molar-refractivity contribution in [3.63, 3.8) is 0 Å². The minimum atomic E-state index is -0.172. The summed E-state index contributed by atoms with van der Waals surface area (Å²) in [6.45, 7) is 2.48. The van der Waals surface area contributed by atoms with Crippen molar-refractivity contribution in [3.05, 3.63) is 53.6 Å². The van der Waals surface area contributed by atoms with Gasteiger partial charge in [-0.3, -0.25) is 4.98 Å². The molecule has 0 bridgehead atoms.